The van der Waals surface area contributed by atoms with Crippen molar-refractivity contribution in [2.75, 3.05) is 16.4 Å². The number of benzene rings is 1. The molecule has 0 aliphatic heterocycles. The van der Waals surface area contributed by atoms with Crippen LogP contribution in [0, 0.1) is 6.92 Å². The van der Waals surface area contributed by atoms with Crippen LogP contribution in [-0.2, 0) is 0 Å². The van der Waals surface area contributed by atoms with E-state index in [1.54, 1.807) is 0 Å². The third kappa shape index (κ3) is 3.38. The zero-order valence-corrected chi connectivity index (χ0v) is 12.1. The van der Waals surface area contributed by atoms with Gasteiger partial charge in [-0.25, -0.2) is 9.97 Å². The van der Waals surface area contributed by atoms with E-state index in [1.807, 2.05) is 24.3 Å². The molecule has 2 aromatic rings. The highest BCUT2D eigenvalue weighted by atomic mass is 15.1. The Morgan fingerprint density at radius 1 is 1.15 bits per heavy atom. The lowest BCUT2D eigenvalue weighted by atomic mass is 10.2. The van der Waals surface area contributed by atoms with Crippen molar-refractivity contribution in [1.29, 1.82) is 0 Å². The van der Waals surface area contributed by atoms with Crippen molar-refractivity contribution in [2.45, 2.75) is 33.2 Å². The molecule has 0 amide bonds. The average Bonchev–Trinajstić information content (AvgIpc) is 2.45. The topological polar surface area (TPSA) is 75.9 Å². The zero-order chi connectivity index (χ0) is 14.5. The molecule has 0 fully saturated rings. The largest absolute Gasteiger partial charge is 0.393 e. The van der Waals surface area contributed by atoms with E-state index in [0.717, 1.165) is 12.1 Å². The van der Waals surface area contributed by atoms with Gasteiger partial charge in [-0.15, -0.1) is 0 Å². The van der Waals surface area contributed by atoms with Crippen LogP contribution in [0.1, 0.15) is 25.8 Å². The lowest BCUT2D eigenvalue weighted by Crippen LogP contribution is -2.16. The molecule has 1 aromatic heterocycles. The summed E-state index contributed by atoms with van der Waals surface area (Å²) in [7, 11) is 0. The van der Waals surface area contributed by atoms with E-state index in [-0.39, 0.29) is 0 Å². The molecule has 5 nitrogen and oxygen atoms in total. The Morgan fingerprint density at radius 3 is 2.45 bits per heavy atom. The van der Waals surface area contributed by atoms with Crippen LogP contribution in [0.4, 0.5) is 23.0 Å². The first-order valence-corrected chi connectivity index (χ1v) is 6.81. The smallest absolute Gasteiger partial charge is 0.159 e. The molecule has 5 heteroatoms. The van der Waals surface area contributed by atoms with Crippen molar-refractivity contribution in [3.05, 3.63) is 36.2 Å². The summed E-state index contributed by atoms with van der Waals surface area (Å²) >= 11 is 0. The number of hydrogen-bond donors (Lipinski definition) is 3. The van der Waals surface area contributed by atoms with Crippen molar-refractivity contribution in [1.82, 2.24) is 9.97 Å². The fourth-order valence-electron chi connectivity index (χ4n) is 1.72. The lowest BCUT2D eigenvalue weighted by molar-refractivity contribution is 0.759. The van der Waals surface area contributed by atoms with E-state index in [0.29, 0.717) is 23.4 Å². The Bertz CT molecular complexity index is 565. The highest BCUT2D eigenvalue weighted by molar-refractivity contribution is 5.77. The number of nitrogens with zero attached hydrogens (tertiary/aromatic N) is 2. The van der Waals surface area contributed by atoms with Crippen LogP contribution in [0.15, 0.2) is 30.6 Å². The Hall–Kier alpha value is -2.30. The number of anilines is 4. The monoisotopic (exact) mass is 271 g/mol. The average molecular weight is 271 g/mol. The minimum Gasteiger partial charge on any atom is -0.393 e. The number of nitrogens with one attached hydrogen (secondary N) is 2. The number of aryl methyl sites for hydroxylation is 1. The second kappa shape index (κ2) is 6.23. The highest BCUT2D eigenvalue weighted by Gasteiger charge is 2.09. The molecule has 1 unspecified atom stereocenters. The maximum atomic E-state index is 6.11. The van der Waals surface area contributed by atoms with Gasteiger partial charge in [0, 0.05) is 11.7 Å². The molecule has 0 aliphatic carbocycles. The van der Waals surface area contributed by atoms with Gasteiger partial charge in [0.05, 0.1) is 0 Å². The summed E-state index contributed by atoms with van der Waals surface area (Å²) in [6, 6.07) is 8.40. The molecule has 0 aliphatic rings. The maximum Gasteiger partial charge on any atom is 0.159 e. The molecule has 1 heterocycles. The van der Waals surface area contributed by atoms with Gasteiger partial charge in [-0.2, -0.15) is 0 Å². The zero-order valence-electron chi connectivity index (χ0n) is 12.1. The second-order valence-corrected chi connectivity index (χ2v) is 4.93. The third-order valence-corrected chi connectivity index (χ3v) is 3.19. The fourth-order valence-corrected chi connectivity index (χ4v) is 1.72. The van der Waals surface area contributed by atoms with Crippen LogP contribution in [0.2, 0.25) is 0 Å². The lowest BCUT2D eigenvalue weighted by Gasteiger charge is -2.16. The minimum absolute atomic E-state index is 0.319. The van der Waals surface area contributed by atoms with Gasteiger partial charge in [-0.3, -0.25) is 0 Å². The minimum atomic E-state index is 0.319. The number of nitrogens with two attached hydrogens (primary N) is 1. The van der Waals surface area contributed by atoms with Gasteiger partial charge in [-0.05, 0) is 32.4 Å². The number of nitrogen functional groups attached to an aromatic ring is 1. The van der Waals surface area contributed by atoms with Gasteiger partial charge >= 0.3 is 0 Å². The normalized spacial score (nSPS) is 11.9. The molecule has 0 saturated carbocycles. The van der Waals surface area contributed by atoms with Gasteiger partial charge in [0.15, 0.2) is 11.6 Å². The summed E-state index contributed by atoms with van der Waals surface area (Å²) in [4.78, 5) is 8.40. The van der Waals surface area contributed by atoms with Crippen LogP contribution in [0.5, 0.6) is 0 Å². The van der Waals surface area contributed by atoms with Gasteiger partial charge in [-0.1, -0.05) is 24.6 Å². The summed E-state index contributed by atoms with van der Waals surface area (Å²) in [6.07, 6.45) is 2.52. The molecule has 1 aromatic carbocycles. The van der Waals surface area contributed by atoms with Gasteiger partial charge in [0.2, 0.25) is 0 Å². The van der Waals surface area contributed by atoms with E-state index in [2.05, 4.69) is 41.4 Å². The van der Waals surface area contributed by atoms with Crippen LogP contribution in [0.3, 0.4) is 0 Å². The maximum absolute atomic E-state index is 6.11. The summed E-state index contributed by atoms with van der Waals surface area (Å²) in [5.41, 5.74) is 8.82. The van der Waals surface area contributed by atoms with Crippen LogP contribution in [0.25, 0.3) is 0 Å². The quantitative estimate of drug-likeness (QED) is 0.777. The van der Waals surface area contributed by atoms with E-state index < -0.39 is 0 Å². The number of aromatic nitrogens is 2. The highest BCUT2D eigenvalue weighted by Crippen LogP contribution is 2.26. The first-order valence-electron chi connectivity index (χ1n) is 6.81. The second-order valence-electron chi connectivity index (χ2n) is 4.93. The summed E-state index contributed by atoms with van der Waals surface area (Å²) in [5.74, 6) is 1.29. The third-order valence-electron chi connectivity index (χ3n) is 3.19. The molecule has 2 rings (SSSR count). The van der Waals surface area contributed by atoms with E-state index >= 15 is 0 Å². The Balaban J connectivity index is 2.20. The van der Waals surface area contributed by atoms with Crippen LogP contribution in [-0.4, -0.2) is 16.0 Å². The molecular weight excluding hydrogens is 250 g/mol. The predicted molar refractivity (Wildman–Crippen MR) is 84.3 cm³/mol. The molecule has 4 N–H and O–H groups in total. The van der Waals surface area contributed by atoms with Gasteiger partial charge in [0.1, 0.15) is 12.0 Å². The van der Waals surface area contributed by atoms with E-state index in [9.17, 15) is 0 Å². The van der Waals surface area contributed by atoms with Crippen molar-refractivity contribution in [3.8, 4) is 0 Å². The molecule has 0 radical (unpaired) electrons. The van der Waals surface area contributed by atoms with Crippen LogP contribution < -0.4 is 16.4 Å². The van der Waals surface area contributed by atoms with E-state index in [4.69, 9.17) is 5.73 Å². The van der Waals surface area contributed by atoms with E-state index in [1.165, 1.54) is 11.9 Å². The van der Waals surface area contributed by atoms with Gasteiger partial charge < -0.3 is 16.4 Å². The predicted octanol–water partition coefficient (Wildman–Crippen LogP) is 3.32. The van der Waals surface area contributed by atoms with Crippen molar-refractivity contribution >= 4 is 23.0 Å². The Kier molecular flexibility index (Phi) is 4.40. The summed E-state index contributed by atoms with van der Waals surface area (Å²) in [6.45, 7) is 6.26. The summed E-state index contributed by atoms with van der Waals surface area (Å²) in [5, 5.41) is 6.49. The molecule has 106 valence electrons. The molecule has 0 saturated heterocycles. The number of hydrogen-bond acceptors (Lipinski definition) is 5. The van der Waals surface area contributed by atoms with Crippen molar-refractivity contribution in [2.24, 2.45) is 0 Å². The Morgan fingerprint density at radius 2 is 1.80 bits per heavy atom. The SMILES string of the molecule is CCC(C)Nc1ncnc(Nc2ccc(C)cc2)c1N. The molecule has 0 spiro atoms. The van der Waals surface area contributed by atoms with Gasteiger partial charge in [0.25, 0.3) is 0 Å². The molecular formula is C15H21N5. The fraction of sp³-hybridized carbons (Fsp3) is 0.333. The molecule has 0 bridgehead atoms. The molecule has 1 atom stereocenters. The standard InChI is InChI=1S/C15H21N5/c1-4-11(3)19-14-13(16)15(18-9-17-14)20-12-7-5-10(2)6-8-12/h5-9,11H,4,16H2,1-3H3,(H2,17,18,19,20). The van der Waals surface area contributed by atoms with Crippen molar-refractivity contribution < 1.29 is 0 Å². The molecule has 20 heavy (non-hydrogen) atoms. The first kappa shape index (κ1) is 14.1. The summed E-state index contributed by atoms with van der Waals surface area (Å²) < 4.78 is 0. The Labute approximate surface area is 119 Å². The van der Waals surface area contributed by atoms with Crippen LogP contribution >= 0.6 is 0 Å². The first-order chi connectivity index (χ1) is 9.60. The van der Waals surface area contributed by atoms with Crippen molar-refractivity contribution in [3.63, 3.8) is 0 Å². The number of rotatable bonds is 5.